The Labute approximate surface area is 94.0 Å². The van der Waals surface area contributed by atoms with Crippen LogP contribution in [0.4, 0.5) is 11.4 Å². The number of anilines is 1. The van der Waals surface area contributed by atoms with Gasteiger partial charge in [-0.15, -0.1) is 12.8 Å². The molecule has 0 radical (unpaired) electrons. The van der Waals surface area contributed by atoms with Crippen LogP contribution in [-0.2, 0) is 0 Å². The van der Waals surface area contributed by atoms with Crippen molar-refractivity contribution in [3.8, 4) is 24.7 Å². The highest BCUT2D eigenvalue weighted by atomic mass is 16.6. The fourth-order valence-corrected chi connectivity index (χ4v) is 1.24. The number of non-ortho nitro benzene ring substituents is 1. The van der Waals surface area contributed by atoms with E-state index in [4.69, 9.17) is 12.8 Å². The van der Waals surface area contributed by atoms with Crippen LogP contribution in [-0.4, -0.2) is 18.0 Å². The Morgan fingerprint density at radius 1 is 1.19 bits per heavy atom. The van der Waals surface area contributed by atoms with Gasteiger partial charge in [0.2, 0.25) is 0 Å². The number of nitrogens with zero attached hydrogens (tertiary/aromatic N) is 2. The summed E-state index contributed by atoms with van der Waals surface area (Å²) in [6, 6.07) is 6.12. The van der Waals surface area contributed by atoms with Gasteiger partial charge in [-0.25, -0.2) is 0 Å². The zero-order valence-corrected chi connectivity index (χ0v) is 8.59. The summed E-state index contributed by atoms with van der Waals surface area (Å²) in [7, 11) is 0. The van der Waals surface area contributed by atoms with Crippen molar-refractivity contribution < 1.29 is 4.92 Å². The predicted octanol–water partition coefficient (Wildman–Crippen LogP) is 1.67. The van der Waals surface area contributed by atoms with E-state index in [0.717, 1.165) is 5.69 Å². The molecule has 0 saturated carbocycles. The van der Waals surface area contributed by atoms with Gasteiger partial charge >= 0.3 is 0 Å². The highest BCUT2D eigenvalue weighted by molar-refractivity contribution is 5.52. The number of rotatable bonds is 4. The molecule has 0 bridgehead atoms. The van der Waals surface area contributed by atoms with E-state index >= 15 is 0 Å². The third-order valence-electron chi connectivity index (χ3n) is 1.99. The maximum atomic E-state index is 10.5. The second kappa shape index (κ2) is 5.43. The molecule has 0 spiro atoms. The number of nitro benzene ring substituents is 1. The summed E-state index contributed by atoms with van der Waals surface area (Å²) in [5.41, 5.74) is 0.826. The summed E-state index contributed by atoms with van der Waals surface area (Å²) in [6.07, 6.45) is 10.4. The number of hydrogen-bond donors (Lipinski definition) is 0. The lowest BCUT2D eigenvalue weighted by Crippen LogP contribution is -2.23. The summed E-state index contributed by atoms with van der Waals surface area (Å²) in [6.45, 7) is 0.754. The van der Waals surface area contributed by atoms with E-state index in [-0.39, 0.29) is 5.69 Å². The zero-order valence-electron chi connectivity index (χ0n) is 8.59. The zero-order chi connectivity index (χ0) is 12.0. The van der Waals surface area contributed by atoms with Crippen molar-refractivity contribution in [1.29, 1.82) is 0 Å². The average molecular weight is 214 g/mol. The molecule has 16 heavy (non-hydrogen) atoms. The van der Waals surface area contributed by atoms with E-state index in [9.17, 15) is 10.1 Å². The van der Waals surface area contributed by atoms with Crippen molar-refractivity contribution in [3.63, 3.8) is 0 Å². The number of hydrogen-bond acceptors (Lipinski definition) is 3. The highest BCUT2D eigenvalue weighted by Gasteiger charge is 2.07. The molecule has 4 nitrogen and oxygen atoms in total. The quantitative estimate of drug-likeness (QED) is 0.435. The number of nitro groups is 1. The highest BCUT2D eigenvalue weighted by Crippen LogP contribution is 2.18. The minimum absolute atomic E-state index is 0.0464. The Hall–Kier alpha value is -2.46. The van der Waals surface area contributed by atoms with Crippen molar-refractivity contribution in [2.45, 2.75) is 0 Å². The molecule has 0 aliphatic rings. The van der Waals surface area contributed by atoms with Crippen LogP contribution in [0.3, 0.4) is 0 Å². The first kappa shape index (κ1) is 11.6. The van der Waals surface area contributed by atoms with Crippen LogP contribution in [0.1, 0.15) is 0 Å². The summed E-state index contributed by atoms with van der Waals surface area (Å²) in [5.74, 6) is 4.97. The largest absolute Gasteiger partial charge is 0.349 e. The van der Waals surface area contributed by atoms with Gasteiger partial charge in [-0.3, -0.25) is 10.1 Å². The van der Waals surface area contributed by atoms with Crippen LogP contribution in [0.5, 0.6) is 0 Å². The normalized spacial score (nSPS) is 8.88. The molecule has 0 aliphatic carbocycles. The predicted molar refractivity (Wildman–Crippen MR) is 63.0 cm³/mol. The summed E-state index contributed by atoms with van der Waals surface area (Å²) in [4.78, 5) is 11.8. The molecule has 0 fully saturated rings. The lowest BCUT2D eigenvalue weighted by molar-refractivity contribution is -0.384. The van der Waals surface area contributed by atoms with Crippen molar-refractivity contribution in [1.82, 2.24) is 0 Å². The van der Waals surface area contributed by atoms with E-state index in [2.05, 4.69) is 11.8 Å². The second-order valence-electron chi connectivity index (χ2n) is 3.04. The molecule has 0 unspecified atom stereocenters. The van der Waals surface area contributed by atoms with Gasteiger partial charge in [0.25, 0.3) is 5.69 Å². The maximum Gasteiger partial charge on any atom is 0.269 e. The second-order valence-corrected chi connectivity index (χ2v) is 3.04. The Kier molecular flexibility index (Phi) is 3.94. The molecule has 1 rings (SSSR count). The van der Waals surface area contributed by atoms with Gasteiger partial charge in [0.1, 0.15) is 0 Å². The fraction of sp³-hybridized carbons (Fsp3) is 0.167. The van der Waals surface area contributed by atoms with E-state index in [1.165, 1.54) is 12.1 Å². The van der Waals surface area contributed by atoms with Crippen molar-refractivity contribution in [2.75, 3.05) is 18.0 Å². The molecule has 0 saturated heterocycles. The maximum absolute atomic E-state index is 10.5. The van der Waals surface area contributed by atoms with Crippen LogP contribution in [0.25, 0.3) is 0 Å². The summed E-state index contributed by atoms with van der Waals surface area (Å²) >= 11 is 0. The average Bonchev–Trinajstić information content (AvgIpc) is 2.29. The Morgan fingerprint density at radius 2 is 1.69 bits per heavy atom. The number of benzene rings is 1. The molecule has 0 aromatic heterocycles. The monoisotopic (exact) mass is 214 g/mol. The van der Waals surface area contributed by atoms with Gasteiger partial charge in [-0.05, 0) is 12.1 Å². The van der Waals surface area contributed by atoms with Crippen molar-refractivity contribution >= 4 is 11.4 Å². The van der Waals surface area contributed by atoms with E-state index < -0.39 is 4.92 Å². The van der Waals surface area contributed by atoms with E-state index in [1.807, 2.05) is 0 Å². The number of terminal acetylenes is 2. The lowest BCUT2D eigenvalue weighted by atomic mass is 10.2. The Balaban J connectivity index is 2.91. The molecule has 4 heteroatoms. The third-order valence-corrected chi connectivity index (χ3v) is 1.99. The fourth-order valence-electron chi connectivity index (χ4n) is 1.24. The summed E-state index contributed by atoms with van der Waals surface area (Å²) < 4.78 is 0. The van der Waals surface area contributed by atoms with Gasteiger partial charge in [-0.2, -0.15) is 0 Å². The first-order chi connectivity index (χ1) is 7.69. The van der Waals surface area contributed by atoms with Crippen LogP contribution >= 0.6 is 0 Å². The van der Waals surface area contributed by atoms with Gasteiger partial charge in [0, 0.05) is 17.8 Å². The van der Waals surface area contributed by atoms with E-state index in [1.54, 1.807) is 17.0 Å². The van der Waals surface area contributed by atoms with Crippen LogP contribution in [0.15, 0.2) is 24.3 Å². The van der Waals surface area contributed by atoms with Crippen LogP contribution < -0.4 is 4.90 Å². The first-order valence-corrected chi connectivity index (χ1v) is 4.55. The Bertz CT molecular complexity index is 435. The summed E-state index contributed by atoms with van der Waals surface area (Å²) in [5, 5.41) is 10.5. The first-order valence-electron chi connectivity index (χ1n) is 4.55. The molecule has 0 atom stereocenters. The lowest BCUT2D eigenvalue weighted by Gasteiger charge is -2.19. The molecule has 1 aromatic rings. The van der Waals surface area contributed by atoms with Gasteiger partial charge in [-0.1, -0.05) is 11.8 Å². The van der Waals surface area contributed by atoms with Crippen LogP contribution in [0.2, 0.25) is 0 Å². The van der Waals surface area contributed by atoms with Crippen molar-refractivity contribution in [3.05, 3.63) is 34.4 Å². The smallest absolute Gasteiger partial charge is 0.269 e. The Morgan fingerprint density at radius 3 is 2.06 bits per heavy atom. The molecule has 0 N–H and O–H groups in total. The third kappa shape index (κ3) is 2.76. The van der Waals surface area contributed by atoms with Gasteiger partial charge in [0.05, 0.1) is 18.0 Å². The molecule has 0 heterocycles. The standard InChI is InChI=1S/C12H10N2O2/c1-3-9-13(10-4-2)11-5-7-12(8-6-11)14(15)16/h1-2,5-8H,9-10H2. The molecule has 80 valence electrons. The van der Waals surface area contributed by atoms with Crippen LogP contribution in [0, 0.1) is 34.8 Å². The molecule has 0 amide bonds. The minimum Gasteiger partial charge on any atom is -0.349 e. The minimum atomic E-state index is -0.448. The van der Waals surface area contributed by atoms with Gasteiger partial charge in [0.15, 0.2) is 0 Å². The van der Waals surface area contributed by atoms with Crippen molar-refractivity contribution in [2.24, 2.45) is 0 Å². The van der Waals surface area contributed by atoms with E-state index in [0.29, 0.717) is 13.1 Å². The molecular formula is C12H10N2O2. The molecule has 0 aliphatic heterocycles. The topological polar surface area (TPSA) is 46.4 Å². The molecule has 1 aromatic carbocycles. The van der Waals surface area contributed by atoms with Gasteiger partial charge < -0.3 is 4.90 Å². The SMILES string of the molecule is C#CCN(CC#C)c1ccc([N+](=O)[O-])cc1. The molecular weight excluding hydrogens is 204 g/mol.